The zero-order chi connectivity index (χ0) is 31.2. The Morgan fingerprint density at radius 2 is 1.62 bits per heavy atom. The molecule has 4 rings (SSSR count). The molecule has 1 aliphatic heterocycles. The number of benzene rings is 2. The minimum Gasteiger partial charge on any atom is -0.447 e. The molecule has 2 aliphatic rings. The lowest BCUT2D eigenvalue weighted by Crippen LogP contribution is -2.50. The number of alkyl carbamates (subject to hydrolysis) is 1. The molecule has 0 saturated heterocycles. The Bertz CT molecular complexity index is 1280. The zero-order valence-corrected chi connectivity index (χ0v) is 26.2. The molecule has 9 nitrogen and oxygen atoms in total. The van der Waals surface area contributed by atoms with Crippen LogP contribution in [-0.4, -0.2) is 51.6 Å². The minimum absolute atomic E-state index is 0.0243. The highest BCUT2D eigenvalue weighted by molar-refractivity contribution is 6.30. The van der Waals surface area contributed by atoms with Crippen molar-refractivity contribution in [2.24, 2.45) is 16.9 Å². The predicted molar refractivity (Wildman–Crippen MR) is 164 cm³/mol. The van der Waals surface area contributed by atoms with E-state index in [9.17, 15) is 19.5 Å². The highest BCUT2D eigenvalue weighted by atomic mass is 35.5. The number of ether oxygens (including phenoxy) is 1. The molecular weight excluding hydrogens is 556 g/mol. The molecule has 3 unspecified atom stereocenters. The smallest absolute Gasteiger partial charge is 0.408 e. The summed E-state index contributed by atoms with van der Waals surface area (Å²) in [5, 5.41) is 22.4. The van der Waals surface area contributed by atoms with Gasteiger partial charge in [-0.2, -0.15) is 10.1 Å². The summed E-state index contributed by atoms with van der Waals surface area (Å²) in [6.07, 6.45) is 1.58. The van der Waals surface area contributed by atoms with Gasteiger partial charge in [-0.1, -0.05) is 55.3 Å². The molecule has 2 aromatic rings. The molecular formula is C32H43ClN4O5. The number of hydrazone groups is 1. The number of nitrogens with one attached hydrogen (secondary N) is 2. The van der Waals surface area contributed by atoms with E-state index in [1.165, 1.54) is 10.6 Å². The average Bonchev–Trinajstić information content (AvgIpc) is 3.43. The monoisotopic (exact) mass is 598 g/mol. The van der Waals surface area contributed by atoms with Crippen LogP contribution < -0.4 is 10.6 Å². The summed E-state index contributed by atoms with van der Waals surface area (Å²) >= 11 is 5.81. The number of fused-ring (bicyclic) bond motifs is 1. The van der Waals surface area contributed by atoms with Crippen LogP contribution in [0.25, 0.3) is 0 Å². The highest BCUT2D eigenvalue weighted by Crippen LogP contribution is 2.44. The van der Waals surface area contributed by atoms with Crippen LogP contribution in [0.5, 0.6) is 0 Å². The van der Waals surface area contributed by atoms with Crippen molar-refractivity contribution in [2.75, 3.05) is 0 Å². The standard InChI is InChI=1S/C18H28N2O3.C14H15ClN2O2/c1-11(2)16(20-18(22)23-12(3)4)17(21)19-14(6)15-9-7-13(5)8-10-15;1-9-12-3-2-8-14(12,19)17(16-9)13(18)10-4-6-11(15)7-5-10/h7-12,14,16H,1-6H3,(H,19,21)(H,20,22);4-7,12,19H,2-3,8H2,1H3/t14?,16-;/m1./s1. The number of hydrogen-bond acceptors (Lipinski definition) is 6. The van der Waals surface area contributed by atoms with E-state index in [0.29, 0.717) is 17.0 Å². The van der Waals surface area contributed by atoms with Crippen molar-refractivity contribution in [3.05, 3.63) is 70.2 Å². The van der Waals surface area contributed by atoms with Gasteiger partial charge in [0.1, 0.15) is 6.04 Å². The Labute approximate surface area is 253 Å². The summed E-state index contributed by atoms with van der Waals surface area (Å²) in [5.74, 6) is -0.555. The number of amides is 3. The molecule has 1 heterocycles. The Balaban J connectivity index is 0.000000234. The van der Waals surface area contributed by atoms with Crippen LogP contribution in [0.3, 0.4) is 0 Å². The quantitative estimate of drug-likeness (QED) is 0.361. The van der Waals surface area contributed by atoms with E-state index >= 15 is 0 Å². The number of halogens is 1. The summed E-state index contributed by atoms with van der Waals surface area (Å²) in [6, 6.07) is 13.9. The maximum atomic E-state index is 12.5. The number of aliphatic hydroxyl groups is 1. The van der Waals surface area contributed by atoms with Crippen LogP contribution in [0.2, 0.25) is 5.02 Å². The van der Waals surface area contributed by atoms with E-state index < -0.39 is 17.9 Å². The van der Waals surface area contributed by atoms with Crippen molar-refractivity contribution in [2.45, 2.75) is 91.6 Å². The summed E-state index contributed by atoms with van der Waals surface area (Å²) in [7, 11) is 0. The fourth-order valence-corrected chi connectivity index (χ4v) is 5.30. The Kier molecular flexibility index (Phi) is 11.2. The second kappa shape index (κ2) is 14.2. The van der Waals surface area contributed by atoms with Crippen molar-refractivity contribution >= 4 is 35.2 Å². The molecule has 0 spiro atoms. The third-order valence-corrected chi connectivity index (χ3v) is 7.76. The van der Waals surface area contributed by atoms with Crippen molar-refractivity contribution in [1.29, 1.82) is 0 Å². The highest BCUT2D eigenvalue weighted by Gasteiger charge is 2.54. The molecule has 3 amide bonds. The first kappa shape index (κ1) is 33.1. The summed E-state index contributed by atoms with van der Waals surface area (Å²) < 4.78 is 5.05. The van der Waals surface area contributed by atoms with Gasteiger partial charge in [0.15, 0.2) is 5.72 Å². The number of rotatable bonds is 7. The topological polar surface area (TPSA) is 120 Å². The minimum atomic E-state index is -1.14. The molecule has 3 N–H and O–H groups in total. The van der Waals surface area contributed by atoms with Gasteiger partial charge in [0, 0.05) is 22.2 Å². The van der Waals surface area contributed by atoms with Gasteiger partial charge in [-0.15, -0.1) is 0 Å². The van der Waals surface area contributed by atoms with Crippen molar-refractivity contribution in [1.82, 2.24) is 15.6 Å². The zero-order valence-electron chi connectivity index (χ0n) is 25.5. The molecule has 0 bridgehead atoms. The van der Waals surface area contributed by atoms with Crippen LogP contribution in [0.1, 0.15) is 88.3 Å². The van der Waals surface area contributed by atoms with Gasteiger partial charge >= 0.3 is 6.09 Å². The maximum absolute atomic E-state index is 12.5. The fraction of sp³-hybridized carbons (Fsp3) is 0.500. The SMILES string of the molecule is CC1=NN(C(=O)c2ccc(Cl)cc2)C2(O)CCCC12.Cc1ccc(C(C)NC(=O)[C@H](NC(=O)OC(C)C)C(C)C)cc1. The Morgan fingerprint density at radius 1 is 1.00 bits per heavy atom. The normalized spacial score (nSPS) is 20.7. The van der Waals surface area contributed by atoms with Crippen LogP contribution in [0.15, 0.2) is 53.6 Å². The number of nitrogens with zero attached hydrogens (tertiary/aromatic N) is 2. The Morgan fingerprint density at radius 3 is 2.19 bits per heavy atom. The third-order valence-electron chi connectivity index (χ3n) is 7.51. The van der Waals surface area contributed by atoms with Gasteiger partial charge in [-0.25, -0.2) is 4.79 Å². The predicted octanol–water partition coefficient (Wildman–Crippen LogP) is 5.99. The van der Waals surface area contributed by atoms with Gasteiger partial charge in [-0.05, 0) is 89.6 Å². The molecule has 0 radical (unpaired) electrons. The maximum Gasteiger partial charge on any atom is 0.408 e. The number of aryl methyl sites for hydroxylation is 1. The second-order valence-corrected chi connectivity index (χ2v) is 12.1. The van der Waals surface area contributed by atoms with Gasteiger partial charge in [-0.3, -0.25) is 9.59 Å². The molecule has 1 aliphatic carbocycles. The van der Waals surface area contributed by atoms with E-state index in [1.54, 1.807) is 38.1 Å². The molecule has 42 heavy (non-hydrogen) atoms. The summed E-state index contributed by atoms with van der Waals surface area (Å²) in [5.41, 5.74) is 2.38. The molecule has 4 atom stereocenters. The van der Waals surface area contributed by atoms with E-state index in [0.717, 1.165) is 24.1 Å². The first-order chi connectivity index (χ1) is 19.7. The number of carbonyl (C=O) groups is 3. The molecule has 1 saturated carbocycles. The first-order valence-corrected chi connectivity index (χ1v) is 14.8. The lowest BCUT2D eigenvalue weighted by molar-refractivity contribution is -0.124. The molecule has 1 fully saturated rings. The van der Waals surface area contributed by atoms with E-state index in [-0.39, 0.29) is 35.8 Å². The van der Waals surface area contributed by atoms with E-state index in [2.05, 4.69) is 15.7 Å². The van der Waals surface area contributed by atoms with E-state index in [4.69, 9.17) is 16.3 Å². The second-order valence-electron chi connectivity index (χ2n) is 11.6. The first-order valence-electron chi connectivity index (χ1n) is 14.4. The summed E-state index contributed by atoms with van der Waals surface area (Å²) in [6.45, 7) is 13.1. The molecule has 0 aromatic heterocycles. The van der Waals surface area contributed by atoms with Crippen LogP contribution >= 0.6 is 11.6 Å². The lowest BCUT2D eigenvalue weighted by Gasteiger charge is -2.31. The van der Waals surface area contributed by atoms with E-state index in [1.807, 2.05) is 58.9 Å². The van der Waals surface area contributed by atoms with Gasteiger partial charge in [0.05, 0.1) is 12.1 Å². The Hall–Kier alpha value is -3.43. The molecule has 10 heteroatoms. The van der Waals surface area contributed by atoms with Gasteiger partial charge in [0.25, 0.3) is 5.91 Å². The summed E-state index contributed by atoms with van der Waals surface area (Å²) in [4.78, 5) is 36.7. The van der Waals surface area contributed by atoms with Crippen LogP contribution in [-0.2, 0) is 9.53 Å². The van der Waals surface area contributed by atoms with Crippen molar-refractivity contribution in [3.8, 4) is 0 Å². The van der Waals surface area contributed by atoms with Crippen LogP contribution in [0, 0.1) is 18.8 Å². The van der Waals surface area contributed by atoms with Crippen molar-refractivity contribution in [3.63, 3.8) is 0 Å². The van der Waals surface area contributed by atoms with Gasteiger partial charge < -0.3 is 20.5 Å². The largest absolute Gasteiger partial charge is 0.447 e. The molecule has 2 aromatic carbocycles. The third kappa shape index (κ3) is 8.10. The number of hydrogen-bond donors (Lipinski definition) is 3. The number of carbonyl (C=O) groups excluding carboxylic acids is 3. The fourth-order valence-electron chi connectivity index (χ4n) is 5.17. The van der Waals surface area contributed by atoms with Crippen molar-refractivity contribution < 1.29 is 24.2 Å². The van der Waals surface area contributed by atoms with Crippen LogP contribution in [0.4, 0.5) is 4.79 Å². The lowest BCUT2D eigenvalue weighted by atomic mass is 9.96. The molecule has 228 valence electrons. The van der Waals surface area contributed by atoms with Gasteiger partial charge in [0.2, 0.25) is 5.91 Å². The average molecular weight is 599 g/mol.